The van der Waals surface area contributed by atoms with Crippen LogP contribution in [0.15, 0.2) is 54.2 Å². The summed E-state index contributed by atoms with van der Waals surface area (Å²) in [5.41, 5.74) is 1.75. The molecule has 0 aromatic heterocycles. The summed E-state index contributed by atoms with van der Waals surface area (Å²) in [7, 11) is 0. The number of halogens is 1. The van der Waals surface area contributed by atoms with Crippen LogP contribution in [0.25, 0.3) is 6.08 Å². The molecular weight excluding hydrogens is 320 g/mol. The number of para-hydroxylation sites is 1. The smallest absolute Gasteiger partial charge is 0.281 e. The van der Waals surface area contributed by atoms with Crippen molar-refractivity contribution in [3.05, 3.63) is 64.8 Å². The van der Waals surface area contributed by atoms with Gasteiger partial charge in [0.1, 0.15) is 11.4 Å². The zero-order chi connectivity index (χ0) is 15.7. The Labute approximate surface area is 137 Å². The fraction of sp³-hybridized carbons (Fsp3) is 0. The number of carbonyl (C=O) groups excluding carboxylic acids is 1. The number of nitrogens with one attached hydrogen (secondary N) is 1. The lowest BCUT2D eigenvalue weighted by atomic mass is 10.2. The number of thiocarbonyl (C=S) groups is 1. The molecule has 110 valence electrons. The van der Waals surface area contributed by atoms with Crippen LogP contribution in [0.3, 0.4) is 0 Å². The van der Waals surface area contributed by atoms with Gasteiger partial charge in [0.2, 0.25) is 0 Å². The second-order valence-corrected chi connectivity index (χ2v) is 5.47. The van der Waals surface area contributed by atoms with Crippen LogP contribution in [0, 0.1) is 0 Å². The van der Waals surface area contributed by atoms with Crippen molar-refractivity contribution in [2.75, 3.05) is 4.90 Å². The Morgan fingerprint density at radius 2 is 1.91 bits per heavy atom. The number of carbonyl (C=O) groups is 1. The van der Waals surface area contributed by atoms with Gasteiger partial charge in [0.15, 0.2) is 5.11 Å². The number of benzene rings is 2. The van der Waals surface area contributed by atoms with E-state index < -0.39 is 0 Å². The molecule has 2 aromatic carbocycles. The van der Waals surface area contributed by atoms with E-state index in [0.29, 0.717) is 22.1 Å². The number of nitrogens with zero attached hydrogens (tertiary/aromatic N) is 1. The maximum atomic E-state index is 12.5. The molecule has 1 fully saturated rings. The Morgan fingerprint density at radius 3 is 2.59 bits per heavy atom. The zero-order valence-corrected chi connectivity index (χ0v) is 12.9. The van der Waals surface area contributed by atoms with E-state index in [4.69, 9.17) is 23.8 Å². The molecule has 1 saturated heterocycles. The minimum atomic E-state index is -0.236. The predicted octanol–water partition coefficient (Wildman–Crippen LogP) is 3.31. The van der Waals surface area contributed by atoms with Crippen molar-refractivity contribution in [1.82, 2.24) is 5.32 Å². The van der Waals surface area contributed by atoms with Crippen molar-refractivity contribution in [2.24, 2.45) is 0 Å². The highest BCUT2D eigenvalue weighted by Crippen LogP contribution is 2.26. The van der Waals surface area contributed by atoms with E-state index in [1.807, 2.05) is 30.3 Å². The normalized spacial score (nSPS) is 16.2. The number of hydrogen-bond acceptors (Lipinski definition) is 3. The summed E-state index contributed by atoms with van der Waals surface area (Å²) in [6.07, 6.45) is 1.64. The molecule has 0 radical (unpaired) electrons. The van der Waals surface area contributed by atoms with Crippen molar-refractivity contribution >= 4 is 46.6 Å². The Kier molecular flexibility index (Phi) is 3.83. The first-order chi connectivity index (χ1) is 10.6. The summed E-state index contributed by atoms with van der Waals surface area (Å²) in [6.45, 7) is 0. The zero-order valence-electron chi connectivity index (χ0n) is 11.3. The molecular formula is C16H11ClN2O2S. The fourth-order valence-corrected chi connectivity index (χ4v) is 2.61. The first-order valence-electron chi connectivity index (χ1n) is 6.47. The molecule has 22 heavy (non-hydrogen) atoms. The van der Waals surface area contributed by atoms with Gasteiger partial charge in [0.25, 0.3) is 5.91 Å². The average molecular weight is 331 g/mol. The number of hydrogen-bond donors (Lipinski definition) is 2. The molecule has 6 heteroatoms. The van der Waals surface area contributed by atoms with Crippen molar-refractivity contribution in [1.29, 1.82) is 0 Å². The van der Waals surface area contributed by atoms with Gasteiger partial charge < -0.3 is 10.4 Å². The third-order valence-electron chi connectivity index (χ3n) is 3.18. The predicted molar refractivity (Wildman–Crippen MR) is 90.8 cm³/mol. The Bertz CT molecular complexity index is 790. The lowest BCUT2D eigenvalue weighted by Gasteiger charge is -2.13. The SMILES string of the molecule is O=C1/C(=C/c2ccc(O)c(Cl)c2)NC(=S)N1c1ccccc1. The summed E-state index contributed by atoms with van der Waals surface area (Å²) in [5, 5.41) is 12.9. The molecule has 1 heterocycles. The van der Waals surface area contributed by atoms with E-state index in [-0.39, 0.29) is 16.7 Å². The Hall–Kier alpha value is -2.37. The molecule has 1 aliphatic heterocycles. The molecule has 0 bridgehead atoms. The number of aromatic hydroxyl groups is 1. The van der Waals surface area contributed by atoms with Crippen LogP contribution in [-0.4, -0.2) is 16.1 Å². The molecule has 0 spiro atoms. The number of rotatable bonds is 2. The maximum absolute atomic E-state index is 12.5. The van der Waals surface area contributed by atoms with Crippen molar-refractivity contribution in [2.45, 2.75) is 0 Å². The summed E-state index contributed by atoms with van der Waals surface area (Å²) in [4.78, 5) is 13.9. The van der Waals surface area contributed by atoms with Gasteiger partial charge in [0, 0.05) is 0 Å². The van der Waals surface area contributed by atoms with Gasteiger partial charge in [-0.3, -0.25) is 9.69 Å². The third-order valence-corrected chi connectivity index (χ3v) is 3.76. The van der Waals surface area contributed by atoms with Crippen LogP contribution in [0.2, 0.25) is 5.02 Å². The van der Waals surface area contributed by atoms with Crippen LogP contribution >= 0.6 is 23.8 Å². The number of phenolic OH excluding ortho intramolecular Hbond substituents is 1. The Balaban J connectivity index is 1.93. The standard InChI is InChI=1S/C16H11ClN2O2S/c17-12-8-10(6-7-14(12)20)9-13-15(21)19(16(22)18-13)11-4-2-1-3-5-11/h1-9,20H,(H,18,22)/b13-9-. The van der Waals surface area contributed by atoms with E-state index in [9.17, 15) is 9.90 Å². The number of phenols is 1. The van der Waals surface area contributed by atoms with E-state index in [0.717, 1.165) is 0 Å². The van der Waals surface area contributed by atoms with Gasteiger partial charge in [-0.1, -0.05) is 35.9 Å². The second-order valence-electron chi connectivity index (χ2n) is 4.68. The molecule has 2 N–H and O–H groups in total. The van der Waals surface area contributed by atoms with Gasteiger partial charge in [-0.2, -0.15) is 0 Å². The summed E-state index contributed by atoms with van der Waals surface area (Å²) >= 11 is 11.1. The average Bonchev–Trinajstić information content (AvgIpc) is 2.78. The van der Waals surface area contributed by atoms with Gasteiger partial charge in [-0.15, -0.1) is 0 Å². The number of amides is 1. The lowest BCUT2D eigenvalue weighted by molar-refractivity contribution is -0.113. The highest BCUT2D eigenvalue weighted by atomic mass is 35.5. The van der Waals surface area contributed by atoms with E-state index in [1.54, 1.807) is 18.2 Å². The van der Waals surface area contributed by atoms with Crippen LogP contribution in [0.4, 0.5) is 5.69 Å². The number of anilines is 1. The van der Waals surface area contributed by atoms with Gasteiger partial charge in [0.05, 0.1) is 10.7 Å². The lowest BCUT2D eigenvalue weighted by Crippen LogP contribution is -2.30. The van der Waals surface area contributed by atoms with E-state index >= 15 is 0 Å². The van der Waals surface area contributed by atoms with Crippen LogP contribution < -0.4 is 10.2 Å². The van der Waals surface area contributed by atoms with Crippen molar-refractivity contribution < 1.29 is 9.90 Å². The van der Waals surface area contributed by atoms with Crippen LogP contribution in [0.5, 0.6) is 5.75 Å². The quantitative estimate of drug-likeness (QED) is 0.655. The molecule has 4 nitrogen and oxygen atoms in total. The molecule has 0 atom stereocenters. The van der Waals surface area contributed by atoms with Crippen molar-refractivity contribution in [3.8, 4) is 5.75 Å². The molecule has 0 aliphatic carbocycles. The highest BCUT2D eigenvalue weighted by Gasteiger charge is 2.31. The maximum Gasteiger partial charge on any atom is 0.281 e. The van der Waals surface area contributed by atoms with E-state index in [1.165, 1.54) is 11.0 Å². The van der Waals surface area contributed by atoms with Gasteiger partial charge in [-0.25, -0.2) is 0 Å². The third kappa shape index (κ3) is 2.68. The Morgan fingerprint density at radius 1 is 1.18 bits per heavy atom. The summed E-state index contributed by atoms with van der Waals surface area (Å²) in [5.74, 6) is -0.239. The highest BCUT2D eigenvalue weighted by molar-refractivity contribution is 7.80. The first-order valence-corrected chi connectivity index (χ1v) is 7.25. The minimum absolute atomic E-state index is 0.00374. The monoisotopic (exact) mass is 330 g/mol. The molecule has 2 aromatic rings. The van der Waals surface area contributed by atoms with Gasteiger partial charge in [-0.05, 0) is 48.1 Å². The molecule has 1 aliphatic rings. The largest absolute Gasteiger partial charge is 0.506 e. The second kappa shape index (κ2) is 5.79. The topological polar surface area (TPSA) is 52.6 Å². The molecule has 0 saturated carbocycles. The van der Waals surface area contributed by atoms with Gasteiger partial charge >= 0.3 is 0 Å². The molecule has 1 amide bonds. The summed E-state index contributed by atoms with van der Waals surface area (Å²) < 4.78 is 0. The first kappa shape index (κ1) is 14.6. The van der Waals surface area contributed by atoms with Crippen LogP contribution in [-0.2, 0) is 4.79 Å². The van der Waals surface area contributed by atoms with Crippen molar-refractivity contribution in [3.63, 3.8) is 0 Å². The molecule has 0 unspecified atom stereocenters. The minimum Gasteiger partial charge on any atom is -0.506 e. The fourth-order valence-electron chi connectivity index (χ4n) is 2.13. The summed E-state index contributed by atoms with van der Waals surface area (Å²) in [6, 6.07) is 13.9. The van der Waals surface area contributed by atoms with Crippen LogP contribution in [0.1, 0.15) is 5.56 Å². The molecule has 3 rings (SSSR count). The van der Waals surface area contributed by atoms with E-state index in [2.05, 4.69) is 5.32 Å².